The van der Waals surface area contributed by atoms with Crippen LogP contribution in [0.4, 0.5) is 0 Å². The molecule has 0 radical (unpaired) electrons. The molecule has 0 amide bonds. The van der Waals surface area contributed by atoms with E-state index in [0.29, 0.717) is 13.0 Å². The average Bonchev–Trinajstić information content (AvgIpc) is 2.51. The Morgan fingerprint density at radius 1 is 1.61 bits per heavy atom. The lowest BCUT2D eigenvalue weighted by atomic mass is 9.97. The molecule has 2 unspecified atom stereocenters. The van der Waals surface area contributed by atoms with Gasteiger partial charge in [0.05, 0.1) is 6.10 Å². The molecule has 18 heavy (non-hydrogen) atoms. The first kappa shape index (κ1) is 15.4. The number of nitrogens with zero attached hydrogens (tertiary/aromatic N) is 1. The van der Waals surface area contributed by atoms with Crippen LogP contribution in [0.3, 0.4) is 0 Å². The Hall–Kier alpha value is -0.650. The van der Waals surface area contributed by atoms with Gasteiger partial charge in [0, 0.05) is 26.2 Å². The molecule has 1 heterocycles. The Morgan fingerprint density at radius 2 is 2.33 bits per heavy atom. The van der Waals surface area contributed by atoms with Crippen LogP contribution < -0.4 is 5.32 Å². The number of ether oxygens (including phenoxy) is 1. The van der Waals surface area contributed by atoms with Crippen LogP contribution in [-0.4, -0.2) is 60.4 Å². The van der Waals surface area contributed by atoms with E-state index in [9.17, 15) is 9.90 Å². The van der Waals surface area contributed by atoms with Crippen molar-refractivity contribution in [1.82, 2.24) is 10.2 Å². The van der Waals surface area contributed by atoms with Crippen molar-refractivity contribution in [3.63, 3.8) is 0 Å². The number of carbonyl (C=O) groups is 1. The molecule has 1 aliphatic rings. The van der Waals surface area contributed by atoms with E-state index < -0.39 is 11.5 Å². The number of carboxylic acids is 1. The summed E-state index contributed by atoms with van der Waals surface area (Å²) in [5.41, 5.74) is -0.828. The minimum absolute atomic E-state index is 0.239. The fourth-order valence-corrected chi connectivity index (χ4v) is 2.33. The molecule has 0 aromatic rings. The third-order valence-electron chi connectivity index (χ3n) is 3.50. The lowest BCUT2D eigenvalue weighted by Crippen LogP contribution is -2.51. The molecule has 1 fully saturated rings. The SMILES string of the molecule is CCNC(C)(CCN1CCCOC(C)C1)C(=O)O. The molecule has 0 spiro atoms. The predicted octanol–water partition coefficient (Wildman–Crippen LogP) is 0.940. The van der Waals surface area contributed by atoms with E-state index in [0.717, 1.165) is 32.7 Å². The van der Waals surface area contributed by atoms with Crippen molar-refractivity contribution in [1.29, 1.82) is 0 Å². The maximum Gasteiger partial charge on any atom is 0.323 e. The van der Waals surface area contributed by atoms with Gasteiger partial charge >= 0.3 is 5.97 Å². The Kier molecular flexibility index (Phi) is 6.05. The number of likely N-dealkylation sites (N-methyl/N-ethyl adjacent to an activating group) is 1. The first-order chi connectivity index (χ1) is 8.48. The summed E-state index contributed by atoms with van der Waals surface area (Å²) in [4.78, 5) is 13.6. The lowest BCUT2D eigenvalue weighted by Gasteiger charge is -2.29. The van der Waals surface area contributed by atoms with Crippen LogP contribution in [0.15, 0.2) is 0 Å². The first-order valence-corrected chi connectivity index (χ1v) is 6.80. The van der Waals surface area contributed by atoms with Gasteiger partial charge in [-0.05, 0) is 33.2 Å². The minimum atomic E-state index is -0.828. The molecule has 2 N–H and O–H groups in total. The fraction of sp³-hybridized carbons (Fsp3) is 0.923. The molecule has 0 aromatic carbocycles. The van der Waals surface area contributed by atoms with Gasteiger partial charge in [0.25, 0.3) is 0 Å². The summed E-state index contributed by atoms with van der Waals surface area (Å²) in [5.74, 6) is -0.775. The van der Waals surface area contributed by atoms with Crippen LogP contribution in [0, 0.1) is 0 Å². The van der Waals surface area contributed by atoms with Gasteiger partial charge < -0.3 is 20.1 Å². The molecule has 2 atom stereocenters. The highest BCUT2D eigenvalue weighted by atomic mass is 16.5. The van der Waals surface area contributed by atoms with Crippen molar-refractivity contribution < 1.29 is 14.6 Å². The fourth-order valence-electron chi connectivity index (χ4n) is 2.33. The summed E-state index contributed by atoms with van der Waals surface area (Å²) in [6.07, 6.45) is 1.88. The number of nitrogens with one attached hydrogen (secondary N) is 1. The van der Waals surface area contributed by atoms with Crippen molar-refractivity contribution in [3.8, 4) is 0 Å². The molecule has 0 aliphatic carbocycles. The van der Waals surface area contributed by atoms with Gasteiger partial charge in [0.15, 0.2) is 0 Å². The van der Waals surface area contributed by atoms with Gasteiger partial charge in [-0.3, -0.25) is 4.79 Å². The van der Waals surface area contributed by atoms with E-state index in [1.807, 2.05) is 6.92 Å². The summed E-state index contributed by atoms with van der Waals surface area (Å²) in [6, 6.07) is 0. The third kappa shape index (κ3) is 4.55. The minimum Gasteiger partial charge on any atom is -0.480 e. The summed E-state index contributed by atoms with van der Waals surface area (Å²) >= 11 is 0. The zero-order chi connectivity index (χ0) is 13.6. The Bertz CT molecular complexity index is 273. The van der Waals surface area contributed by atoms with E-state index in [-0.39, 0.29) is 6.10 Å². The van der Waals surface area contributed by atoms with E-state index in [1.54, 1.807) is 6.92 Å². The summed E-state index contributed by atoms with van der Waals surface area (Å²) in [7, 11) is 0. The molecule has 0 bridgehead atoms. The van der Waals surface area contributed by atoms with Crippen LogP contribution in [0.2, 0.25) is 0 Å². The Balaban J connectivity index is 2.48. The zero-order valence-corrected chi connectivity index (χ0v) is 11.7. The van der Waals surface area contributed by atoms with Crippen molar-refractivity contribution in [2.75, 3.05) is 32.8 Å². The number of hydrogen-bond acceptors (Lipinski definition) is 4. The standard InChI is InChI=1S/C13H26N2O3/c1-4-14-13(3,12(16)17)6-8-15-7-5-9-18-11(2)10-15/h11,14H,4-10H2,1-3H3,(H,16,17). The van der Waals surface area contributed by atoms with Gasteiger partial charge in [0.2, 0.25) is 0 Å². The molecule has 0 saturated carbocycles. The highest BCUT2D eigenvalue weighted by molar-refractivity contribution is 5.78. The van der Waals surface area contributed by atoms with Crippen LogP contribution in [0.5, 0.6) is 0 Å². The second-order valence-corrected chi connectivity index (χ2v) is 5.25. The molecule has 5 nitrogen and oxygen atoms in total. The lowest BCUT2D eigenvalue weighted by molar-refractivity contribution is -0.144. The van der Waals surface area contributed by atoms with Gasteiger partial charge in [0.1, 0.15) is 5.54 Å². The van der Waals surface area contributed by atoms with Crippen molar-refractivity contribution in [3.05, 3.63) is 0 Å². The Morgan fingerprint density at radius 3 is 2.94 bits per heavy atom. The molecule has 0 aromatic heterocycles. The van der Waals surface area contributed by atoms with E-state index in [1.165, 1.54) is 0 Å². The maximum absolute atomic E-state index is 11.3. The summed E-state index contributed by atoms with van der Waals surface area (Å²) in [6.45, 7) is 9.92. The normalized spacial score (nSPS) is 25.4. The number of rotatable bonds is 6. The van der Waals surface area contributed by atoms with E-state index >= 15 is 0 Å². The third-order valence-corrected chi connectivity index (χ3v) is 3.50. The predicted molar refractivity (Wildman–Crippen MR) is 70.8 cm³/mol. The zero-order valence-electron chi connectivity index (χ0n) is 11.7. The molecular formula is C13H26N2O3. The topological polar surface area (TPSA) is 61.8 Å². The van der Waals surface area contributed by atoms with Gasteiger partial charge in [-0.25, -0.2) is 0 Å². The number of carboxylic acid groups (broad SMARTS) is 1. The second-order valence-electron chi connectivity index (χ2n) is 5.25. The number of hydrogen-bond donors (Lipinski definition) is 2. The Labute approximate surface area is 109 Å². The highest BCUT2D eigenvalue weighted by Crippen LogP contribution is 2.13. The molecule has 5 heteroatoms. The van der Waals surface area contributed by atoms with Crippen LogP contribution >= 0.6 is 0 Å². The van der Waals surface area contributed by atoms with Crippen molar-refractivity contribution in [2.45, 2.75) is 45.3 Å². The molecule has 1 saturated heterocycles. The van der Waals surface area contributed by atoms with Gasteiger partial charge in [-0.1, -0.05) is 6.92 Å². The monoisotopic (exact) mass is 258 g/mol. The summed E-state index contributed by atoms with van der Waals surface area (Å²) < 4.78 is 5.59. The van der Waals surface area contributed by atoms with E-state index in [2.05, 4.69) is 17.1 Å². The molecule has 1 rings (SSSR count). The van der Waals surface area contributed by atoms with Crippen molar-refractivity contribution in [2.24, 2.45) is 0 Å². The quantitative estimate of drug-likeness (QED) is 0.742. The van der Waals surface area contributed by atoms with Crippen molar-refractivity contribution >= 4 is 5.97 Å². The van der Waals surface area contributed by atoms with Crippen LogP contribution in [0.25, 0.3) is 0 Å². The number of aliphatic carboxylic acids is 1. The average molecular weight is 258 g/mol. The smallest absolute Gasteiger partial charge is 0.323 e. The molecule has 106 valence electrons. The highest BCUT2D eigenvalue weighted by Gasteiger charge is 2.32. The van der Waals surface area contributed by atoms with Gasteiger partial charge in [-0.2, -0.15) is 0 Å². The second kappa shape index (κ2) is 7.07. The van der Waals surface area contributed by atoms with Crippen LogP contribution in [-0.2, 0) is 9.53 Å². The first-order valence-electron chi connectivity index (χ1n) is 6.80. The largest absolute Gasteiger partial charge is 0.480 e. The molecule has 1 aliphatic heterocycles. The van der Waals surface area contributed by atoms with E-state index in [4.69, 9.17) is 4.74 Å². The maximum atomic E-state index is 11.3. The van der Waals surface area contributed by atoms with Gasteiger partial charge in [-0.15, -0.1) is 0 Å². The molecular weight excluding hydrogens is 232 g/mol. The van der Waals surface area contributed by atoms with Crippen LogP contribution in [0.1, 0.15) is 33.6 Å². The summed E-state index contributed by atoms with van der Waals surface area (Å²) in [5, 5.41) is 12.4.